The highest BCUT2D eigenvalue weighted by atomic mass is 32.2. The lowest BCUT2D eigenvalue weighted by Crippen LogP contribution is -2.26. The molecule has 0 radical (unpaired) electrons. The quantitative estimate of drug-likeness (QED) is 0.614. The minimum Gasteiger partial charge on any atom is -0.394 e. The molecule has 7 nitrogen and oxygen atoms in total. The highest BCUT2D eigenvalue weighted by molar-refractivity contribution is 7.99. The Balaban J connectivity index is 2.37. The number of nitrogens with one attached hydrogen (secondary N) is 1. The summed E-state index contributed by atoms with van der Waals surface area (Å²) in [4.78, 5) is 16.1. The summed E-state index contributed by atoms with van der Waals surface area (Å²) in [5.74, 6) is 0.662. The molecule has 2 aromatic rings. The number of aromatic nitrogens is 5. The number of nitrogens with zero attached hydrogens (tertiary/aromatic N) is 4. The monoisotopic (exact) mass is 225 g/mol. The van der Waals surface area contributed by atoms with Crippen LogP contribution in [0.2, 0.25) is 0 Å². The lowest BCUT2D eigenvalue weighted by Gasteiger charge is -2.08. The van der Waals surface area contributed by atoms with E-state index in [1.807, 2.05) is 0 Å². The van der Waals surface area contributed by atoms with Crippen LogP contribution in [-0.4, -0.2) is 42.4 Å². The molecule has 15 heavy (non-hydrogen) atoms. The summed E-state index contributed by atoms with van der Waals surface area (Å²) >= 11 is 1.44. The summed E-state index contributed by atoms with van der Waals surface area (Å²) in [6.45, 7) is -0.0645. The molecule has 1 aliphatic heterocycles. The highest BCUT2D eigenvalue weighted by Crippen LogP contribution is 2.29. The molecule has 3 heterocycles. The first-order valence-corrected chi connectivity index (χ1v) is 5.36. The number of aliphatic hydroxyl groups excluding tert-OH is 1. The number of H-pyrrole nitrogens is 1. The number of thioether (sulfide) groups is 1. The maximum absolute atomic E-state index is 11.9. The third-order valence-corrected chi connectivity index (χ3v) is 3.44. The topological polar surface area (TPSA) is 96.7 Å². The van der Waals surface area contributed by atoms with Gasteiger partial charge >= 0.3 is 0 Å². The standard InChI is InChI=1S/C7H7N5O2S/c13-1-3-2-15-7-8-5-4(9-11-10-5)6(14)12(3)7/h3,13H,1-2H2,(H,9,10,11). The minimum absolute atomic E-state index is 0.0645. The van der Waals surface area contributed by atoms with Gasteiger partial charge in [0, 0.05) is 5.75 Å². The summed E-state index contributed by atoms with van der Waals surface area (Å²) in [5.41, 5.74) is 0.310. The molecule has 1 unspecified atom stereocenters. The zero-order valence-electron chi connectivity index (χ0n) is 7.54. The molecule has 3 rings (SSSR count). The van der Waals surface area contributed by atoms with Crippen LogP contribution in [0.1, 0.15) is 6.04 Å². The second kappa shape index (κ2) is 3.04. The van der Waals surface area contributed by atoms with Crippen molar-refractivity contribution in [2.75, 3.05) is 12.4 Å². The van der Waals surface area contributed by atoms with E-state index in [-0.39, 0.29) is 23.7 Å². The van der Waals surface area contributed by atoms with Gasteiger partial charge in [-0.1, -0.05) is 11.8 Å². The molecule has 2 N–H and O–H groups in total. The molecule has 0 saturated heterocycles. The Bertz CT molecular complexity index is 576. The first kappa shape index (κ1) is 8.86. The van der Waals surface area contributed by atoms with Gasteiger partial charge in [0.15, 0.2) is 10.7 Å². The molecule has 1 atom stereocenters. The van der Waals surface area contributed by atoms with Gasteiger partial charge in [0.1, 0.15) is 0 Å². The van der Waals surface area contributed by atoms with E-state index in [1.54, 1.807) is 0 Å². The molecule has 2 aromatic heterocycles. The van der Waals surface area contributed by atoms with Gasteiger partial charge in [0.2, 0.25) is 5.65 Å². The lowest BCUT2D eigenvalue weighted by molar-refractivity contribution is 0.236. The van der Waals surface area contributed by atoms with Crippen LogP contribution in [0.3, 0.4) is 0 Å². The van der Waals surface area contributed by atoms with E-state index < -0.39 is 0 Å². The normalized spacial score (nSPS) is 19.7. The van der Waals surface area contributed by atoms with Crippen molar-refractivity contribution in [3.8, 4) is 0 Å². The molecule has 0 saturated carbocycles. The Kier molecular flexibility index (Phi) is 1.80. The third-order valence-electron chi connectivity index (χ3n) is 2.34. The van der Waals surface area contributed by atoms with Crippen molar-refractivity contribution in [1.82, 2.24) is 25.0 Å². The van der Waals surface area contributed by atoms with Gasteiger partial charge in [0.05, 0.1) is 12.6 Å². The lowest BCUT2D eigenvalue weighted by atomic mass is 10.3. The van der Waals surface area contributed by atoms with Crippen LogP contribution < -0.4 is 5.56 Å². The maximum atomic E-state index is 11.9. The molecule has 1 aliphatic rings. The predicted octanol–water partition coefficient (Wildman–Crippen LogP) is -0.846. The zero-order chi connectivity index (χ0) is 10.4. The molecule has 0 fully saturated rings. The molecule has 8 heteroatoms. The van der Waals surface area contributed by atoms with E-state index in [4.69, 9.17) is 5.11 Å². The zero-order valence-corrected chi connectivity index (χ0v) is 8.36. The second-order valence-electron chi connectivity index (χ2n) is 3.21. The third kappa shape index (κ3) is 1.11. The van der Waals surface area contributed by atoms with Crippen molar-refractivity contribution in [1.29, 1.82) is 0 Å². The average molecular weight is 225 g/mol. The predicted molar refractivity (Wildman–Crippen MR) is 52.8 cm³/mol. The summed E-state index contributed by atoms with van der Waals surface area (Å²) in [6, 6.07) is -0.203. The Morgan fingerprint density at radius 1 is 1.60 bits per heavy atom. The molecule has 78 valence electrons. The molecule has 0 amide bonds. The van der Waals surface area contributed by atoms with Gasteiger partial charge in [-0.2, -0.15) is 5.21 Å². The van der Waals surface area contributed by atoms with Crippen LogP contribution in [0.4, 0.5) is 0 Å². The summed E-state index contributed by atoms with van der Waals surface area (Å²) in [6.07, 6.45) is 0. The van der Waals surface area contributed by atoms with E-state index in [9.17, 15) is 4.79 Å². The summed E-state index contributed by atoms with van der Waals surface area (Å²) < 4.78 is 1.48. The maximum Gasteiger partial charge on any atom is 0.284 e. The number of rotatable bonds is 1. The van der Waals surface area contributed by atoms with Gasteiger partial charge < -0.3 is 5.11 Å². The molecular weight excluding hydrogens is 218 g/mol. The fourth-order valence-corrected chi connectivity index (χ4v) is 2.71. The average Bonchev–Trinajstić information content (AvgIpc) is 2.83. The van der Waals surface area contributed by atoms with E-state index in [2.05, 4.69) is 20.4 Å². The largest absolute Gasteiger partial charge is 0.394 e. The van der Waals surface area contributed by atoms with E-state index in [1.165, 1.54) is 16.3 Å². The first-order valence-electron chi connectivity index (χ1n) is 4.38. The van der Waals surface area contributed by atoms with E-state index in [0.29, 0.717) is 16.6 Å². The van der Waals surface area contributed by atoms with Crippen molar-refractivity contribution in [2.45, 2.75) is 11.2 Å². The van der Waals surface area contributed by atoms with Crippen LogP contribution in [0.5, 0.6) is 0 Å². The smallest absolute Gasteiger partial charge is 0.284 e. The number of fused-ring (bicyclic) bond motifs is 2. The highest BCUT2D eigenvalue weighted by Gasteiger charge is 2.26. The number of hydrogen-bond acceptors (Lipinski definition) is 6. The molecule has 0 bridgehead atoms. The van der Waals surface area contributed by atoms with Gasteiger partial charge in [0.25, 0.3) is 5.56 Å². The molecule has 0 aromatic carbocycles. The molecule has 0 aliphatic carbocycles. The van der Waals surface area contributed by atoms with Crippen LogP contribution in [0.25, 0.3) is 11.2 Å². The van der Waals surface area contributed by atoms with Gasteiger partial charge in [-0.05, 0) is 0 Å². The number of aromatic amines is 1. The van der Waals surface area contributed by atoms with E-state index >= 15 is 0 Å². The van der Waals surface area contributed by atoms with Crippen LogP contribution in [0.15, 0.2) is 9.95 Å². The second-order valence-corrected chi connectivity index (χ2v) is 4.20. The Labute approximate surface area is 87.5 Å². The van der Waals surface area contributed by atoms with Gasteiger partial charge in [-0.3, -0.25) is 9.36 Å². The van der Waals surface area contributed by atoms with Crippen LogP contribution >= 0.6 is 11.8 Å². The SMILES string of the molecule is O=c1c2n[nH]nc2nc2n1C(CO)CS2. The van der Waals surface area contributed by atoms with Crippen LogP contribution in [-0.2, 0) is 0 Å². The number of aliphatic hydroxyl groups is 1. The summed E-state index contributed by atoms with van der Waals surface area (Å²) in [7, 11) is 0. The van der Waals surface area contributed by atoms with Gasteiger partial charge in [-0.15, -0.1) is 10.2 Å². The minimum atomic E-state index is -0.243. The number of hydrogen-bond donors (Lipinski definition) is 2. The van der Waals surface area contributed by atoms with Crippen LogP contribution in [0, 0.1) is 0 Å². The van der Waals surface area contributed by atoms with Gasteiger partial charge in [-0.25, -0.2) is 4.98 Å². The Hall–Kier alpha value is -1.41. The fourth-order valence-electron chi connectivity index (χ4n) is 1.60. The Morgan fingerprint density at radius 2 is 2.47 bits per heavy atom. The fraction of sp³-hybridized carbons (Fsp3) is 0.429. The Morgan fingerprint density at radius 3 is 3.27 bits per heavy atom. The van der Waals surface area contributed by atoms with Crippen molar-refractivity contribution in [2.24, 2.45) is 0 Å². The summed E-state index contributed by atoms with van der Waals surface area (Å²) in [5, 5.41) is 19.6. The van der Waals surface area contributed by atoms with Crippen molar-refractivity contribution < 1.29 is 5.11 Å². The first-order chi connectivity index (χ1) is 7.31. The van der Waals surface area contributed by atoms with Crippen molar-refractivity contribution >= 4 is 22.9 Å². The van der Waals surface area contributed by atoms with E-state index in [0.717, 1.165) is 0 Å². The molecule has 0 spiro atoms. The van der Waals surface area contributed by atoms with Crippen molar-refractivity contribution in [3.05, 3.63) is 10.4 Å². The molecular formula is C7H7N5O2S. The van der Waals surface area contributed by atoms with Crippen molar-refractivity contribution in [3.63, 3.8) is 0 Å².